The highest BCUT2D eigenvalue weighted by Gasteiger charge is 2.25. The first-order valence-corrected chi connectivity index (χ1v) is 7.61. The van der Waals surface area contributed by atoms with Gasteiger partial charge in [0.05, 0.1) is 6.61 Å². The molecule has 7 heteroatoms. The van der Waals surface area contributed by atoms with Gasteiger partial charge in [-0.25, -0.2) is 4.79 Å². The van der Waals surface area contributed by atoms with Gasteiger partial charge < -0.3 is 20.3 Å². The van der Waals surface area contributed by atoms with Crippen LogP contribution < -0.4 is 10.6 Å². The molecule has 0 aromatic carbocycles. The van der Waals surface area contributed by atoms with Crippen molar-refractivity contribution < 1.29 is 9.53 Å². The zero-order chi connectivity index (χ0) is 14.4. The summed E-state index contributed by atoms with van der Waals surface area (Å²) in [5.41, 5.74) is 0. The first kappa shape index (κ1) is 18.3. The summed E-state index contributed by atoms with van der Waals surface area (Å²) >= 11 is 0. The molecule has 2 N–H and O–H groups in total. The van der Waals surface area contributed by atoms with E-state index in [0.717, 1.165) is 44.4 Å². The highest BCUT2D eigenvalue weighted by Crippen LogP contribution is 2.27. The number of nitrogens with zero attached hydrogens (tertiary/aromatic N) is 2. The Balaban J connectivity index is 0.00000220. The van der Waals surface area contributed by atoms with Crippen molar-refractivity contribution in [3.63, 3.8) is 0 Å². The summed E-state index contributed by atoms with van der Waals surface area (Å²) in [4.78, 5) is 17.6. The molecule has 1 heterocycles. The maximum atomic E-state index is 11.6. The van der Waals surface area contributed by atoms with E-state index in [1.807, 2.05) is 6.92 Å². The summed E-state index contributed by atoms with van der Waals surface area (Å²) in [6.45, 7) is 4.78. The molecule has 0 aromatic rings. The van der Waals surface area contributed by atoms with Gasteiger partial charge in [0.2, 0.25) is 0 Å². The van der Waals surface area contributed by atoms with Crippen molar-refractivity contribution in [2.75, 3.05) is 33.3 Å². The second-order valence-electron chi connectivity index (χ2n) is 5.50. The van der Waals surface area contributed by atoms with Gasteiger partial charge in [0, 0.05) is 32.7 Å². The van der Waals surface area contributed by atoms with Crippen LogP contribution in [0.25, 0.3) is 0 Å². The van der Waals surface area contributed by atoms with E-state index in [4.69, 9.17) is 4.74 Å². The standard InChI is InChI=1S/C14H26N4O2.HI/c1-3-20-14(19)18-8-6-12(7-9-18)17-13(15-2)16-10-11-4-5-11;/h11-12H,3-10H2,1-2H3,(H2,15,16,17);1H. The van der Waals surface area contributed by atoms with Gasteiger partial charge in [0.1, 0.15) is 0 Å². The van der Waals surface area contributed by atoms with Crippen molar-refractivity contribution in [3.8, 4) is 0 Å². The Morgan fingerprint density at radius 2 is 1.95 bits per heavy atom. The normalized spacial score (nSPS) is 19.7. The van der Waals surface area contributed by atoms with E-state index in [-0.39, 0.29) is 30.1 Å². The maximum Gasteiger partial charge on any atom is 0.409 e. The number of carbonyl (C=O) groups is 1. The Labute approximate surface area is 144 Å². The number of likely N-dealkylation sites (tertiary alicyclic amines) is 1. The fourth-order valence-electron chi connectivity index (χ4n) is 2.37. The van der Waals surface area contributed by atoms with Crippen LogP contribution in [0.15, 0.2) is 4.99 Å². The zero-order valence-electron chi connectivity index (χ0n) is 12.9. The maximum absolute atomic E-state index is 11.6. The summed E-state index contributed by atoms with van der Waals surface area (Å²) in [5.74, 6) is 1.71. The van der Waals surface area contributed by atoms with Crippen molar-refractivity contribution in [1.29, 1.82) is 0 Å². The number of hydrogen-bond acceptors (Lipinski definition) is 3. The lowest BCUT2D eigenvalue weighted by molar-refractivity contribution is 0.0963. The third-order valence-electron chi connectivity index (χ3n) is 3.84. The van der Waals surface area contributed by atoms with Crippen LogP contribution in [0.2, 0.25) is 0 Å². The van der Waals surface area contributed by atoms with Crippen molar-refractivity contribution >= 4 is 36.0 Å². The second-order valence-corrected chi connectivity index (χ2v) is 5.50. The van der Waals surface area contributed by atoms with E-state index in [1.165, 1.54) is 12.8 Å². The topological polar surface area (TPSA) is 66.0 Å². The zero-order valence-corrected chi connectivity index (χ0v) is 15.3. The van der Waals surface area contributed by atoms with E-state index >= 15 is 0 Å². The molecule has 0 atom stereocenters. The largest absolute Gasteiger partial charge is 0.450 e. The van der Waals surface area contributed by atoms with Crippen molar-refractivity contribution in [2.24, 2.45) is 10.9 Å². The van der Waals surface area contributed by atoms with E-state index in [9.17, 15) is 4.79 Å². The molecular formula is C14H27IN4O2. The molecule has 2 aliphatic rings. The molecular weight excluding hydrogens is 383 g/mol. The number of rotatable bonds is 4. The Hall–Kier alpha value is -0.730. The summed E-state index contributed by atoms with van der Waals surface area (Å²) in [7, 11) is 1.80. The lowest BCUT2D eigenvalue weighted by atomic mass is 10.1. The molecule has 2 rings (SSSR count). The minimum Gasteiger partial charge on any atom is -0.450 e. The summed E-state index contributed by atoms with van der Waals surface area (Å²) in [6, 6.07) is 0.381. The third kappa shape index (κ3) is 6.27. The highest BCUT2D eigenvalue weighted by molar-refractivity contribution is 14.0. The monoisotopic (exact) mass is 410 g/mol. The van der Waals surface area contributed by atoms with Crippen LogP contribution >= 0.6 is 24.0 Å². The van der Waals surface area contributed by atoms with Crippen molar-refractivity contribution in [1.82, 2.24) is 15.5 Å². The number of aliphatic imine (C=N–C) groups is 1. The molecule has 2 fully saturated rings. The predicted molar refractivity (Wildman–Crippen MR) is 94.3 cm³/mol. The average Bonchev–Trinajstić information content (AvgIpc) is 3.28. The summed E-state index contributed by atoms with van der Waals surface area (Å²) in [5, 5.41) is 6.81. The number of piperidine rings is 1. The van der Waals surface area contributed by atoms with Crippen LogP contribution in [-0.4, -0.2) is 56.3 Å². The molecule has 0 radical (unpaired) electrons. The number of nitrogens with one attached hydrogen (secondary N) is 2. The van der Waals surface area contributed by atoms with E-state index in [2.05, 4.69) is 15.6 Å². The Morgan fingerprint density at radius 1 is 1.29 bits per heavy atom. The van der Waals surface area contributed by atoms with Gasteiger partial charge in [-0.05, 0) is 38.5 Å². The Morgan fingerprint density at radius 3 is 2.48 bits per heavy atom. The second kappa shape index (κ2) is 9.32. The van der Waals surface area contributed by atoms with Crippen LogP contribution in [0.4, 0.5) is 4.79 Å². The fraction of sp³-hybridized carbons (Fsp3) is 0.857. The van der Waals surface area contributed by atoms with E-state index in [1.54, 1.807) is 11.9 Å². The van der Waals surface area contributed by atoms with Crippen LogP contribution in [0.3, 0.4) is 0 Å². The van der Waals surface area contributed by atoms with Crippen LogP contribution in [0, 0.1) is 5.92 Å². The van der Waals surface area contributed by atoms with Gasteiger partial charge in [-0.3, -0.25) is 4.99 Å². The van der Waals surface area contributed by atoms with Gasteiger partial charge in [-0.2, -0.15) is 0 Å². The molecule has 1 aliphatic carbocycles. The molecule has 1 saturated carbocycles. The molecule has 21 heavy (non-hydrogen) atoms. The van der Waals surface area contributed by atoms with Gasteiger partial charge >= 0.3 is 6.09 Å². The number of ether oxygens (including phenoxy) is 1. The number of carbonyl (C=O) groups excluding carboxylic acids is 1. The molecule has 122 valence electrons. The van der Waals surface area contributed by atoms with Crippen molar-refractivity contribution in [3.05, 3.63) is 0 Å². The molecule has 0 aromatic heterocycles. The van der Waals surface area contributed by atoms with E-state index in [0.29, 0.717) is 12.6 Å². The van der Waals surface area contributed by atoms with Crippen molar-refractivity contribution in [2.45, 2.75) is 38.6 Å². The molecule has 0 bridgehead atoms. The van der Waals surface area contributed by atoms with Gasteiger partial charge in [-0.15, -0.1) is 24.0 Å². The fourth-order valence-corrected chi connectivity index (χ4v) is 2.37. The van der Waals surface area contributed by atoms with E-state index < -0.39 is 0 Å². The predicted octanol–water partition coefficient (Wildman–Crippen LogP) is 1.80. The number of hydrogen-bond donors (Lipinski definition) is 2. The smallest absolute Gasteiger partial charge is 0.409 e. The van der Waals surface area contributed by atoms with Gasteiger partial charge in [0.25, 0.3) is 0 Å². The quantitative estimate of drug-likeness (QED) is 0.422. The number of guanidine groups is 1. The molecule has 0 unspecified atom stereocenters. The van der Waals surface area contributed by atoms with Crippen LogP contribution in [-0.2, 0) is 4.74 Å². The molecule has 6 nitrogen and oxygen atoms in total. The summed E-state index contributed by atoms with van der Waals surface area (Å²) < 4.78 is 5.02. The minimum absolute atomic E-state index is 0. The Kier molecular flexibility index (Phi) is 8.13. The molecule has 1 amide bonds. The lowest BCUT2D eigenvalue weighted by Crippen LogP contribution is -2.50. The SMILES string of the molecule is CCOC(=O)N1CCC(NC(=NC)NCC2CC2)CC1.I. The molecule has 0 spiro atoms. The van der Waals surface area contributed by atoms with Crippen LogP contribution in [0.1, 0.15) is 32.6 Å². The third-order valence-corrected chi connectivity index (χ3v) is 3.84. The molecule has 1 saturated heterocycles. The lowest BCUT2D eigenvalue weighted by Gasteiger charge is -2.32. The summed E-state index contributed by atoms with van der Waals surface area (Å²) in [6.07, 6.45) is 4.35. The number of halogens is 1. The highest BCUT2D eigenvalue weighted by atomic mass is 127. The van der Waals surface area contributed by atoms with Crippen LogP contribution in [0.5, 0.6) is 0 Å². The average molecular weight is 410 g/mol. The first-order chi connectivity index (χ1) is 9.72. The van der Waals surface area contributed by atoms with Gasteiger partial charge in [-0.1, -0.05) is 0 Å². The first-order valence-electron chi connectivity index (χ1n) is 7.61. The molecule has 1 aliphatic heterocycles. The Bertz CT molecular complexity index is 353. The van der Waals surface area contributed by atoms with Gasteiger partial charge in [0.15, 0.2) is 5.96 Å². The number of amides is 1. The minimum atomic E-state index is -0.192.